The summed E-state index contributed by atoms with van der Waals surface area (Å²) in [6, 6.07) is 2.08. The van der Waals surface area contributed by atoms with Gasteiger partial charge in [-0.3, -0.25) is 4.98 Å². The van der Waals surface area contributed by atoms with Gasteiger partial charge in [-0.15, -0.1) is 0 Å². The van der Waals surface area contributed by atoms with Crippen LogP contribution in [0, 0.1) is 0 Å². The van der Waals surface area contributed by atoms with Crippen LogP contribution in [-0.4, -0.2) is 12.1 Å². The van der Waals surface area contributed by atoms with Crippen molar-refractivity contribution in [3.63, 3.8) is 0 Å². The summed E-state index contributed by atoms with van der Waals surface area (Å²) in [5, 5.41) is 0. The lowest BCUT2D eigenvalue weighted by Gasteiger charge is -2.03. The molecule has 15 heavy (non-hydrogen) atoms. The Bertz CT molecular complexity index is 273. The molecule has 2 heteroatoms. The van der Waals surface area contributed by atoms with Crippen molar-refractivity contribution in [2.45, 2.75) is 45.4 Å². The minimum atomic E-state index is 0.862. The lowest BCUT2D eigenvalue weighted by atomic mass is 10.1. The summed E-state index contributed by atoms with van der Waals surface area (Å²) in [4.78, 5) is 4.15. The molecular weight excluding hydrogens is 186 g/mol. The second-order valence-corrected chi connectivity index (χ2v) is 3.90. The number of methoxy groups -OCH3 is 1. The van der Waals surface area contributed by atoms with Crippen LogP contribution >= 0.6 is 0 Å². The number of rotatable bonds is 7. The molecule has 0 atom stereocenters. The molecule has 0 saturated carbocycles. The highest BCUT2D eigenvalue weighted by atomic mass is 16.5. The third-order valence-corrected chi connectivity index (χ3v) is 2.57. The molecule has 1 heterocycles. The lowest BCUT2D eigenvalue weighted by Crippen LogP contribution is -1.90. The first-order chi connectivity index (χ1) is 7.36. The van der Waals surface area contributed by atoms with E-state index in [1.807, 2.05) is 6.20 Å². The van der Waals surface area contributed by atoms with Crippen LogP contribution in [0.25, 0.3) is 0 Å². The maximum absolute atomic E-state index is 5.14. The van der Waals surface area contributed by atoms with Gasteiger partial charge in [0.2, 0.25) is 0 Å². The van der Waals surface area contributed by atoms with E-state index in [1.165, 1.54) is 37.7 Å². The molecule has 84 valence electrons. The Kier molecular flexibility index (Phi) is 5.83. The molecule has 0 fully saturated rings. The van der Waals surface area contributed by atoms with Crippen LogP contribution in [0.1, 0.15) is 44.6 Å². The molecule has 0 spiro atoms. The Morgan fingerprint density at radius 1 is 1.13 bits per heavy atom. The zero-order chi connectivity index (χ0) is 10.9. The normalized spacial score (nSPS) is 10.3. The lowest BCUT2D eigenvalue weighted by molar-refractivity contribution is 0.412. The van der Waals surface area contributed by atoms with Gasteiger partial charge in [0, 0.05) is 6.20 Å². The Hall–Kier alpha value is -1.05. The third kappa shape index (κ3) is 4.82. The number of hydrogen-bond acceptors (Lipinski definition) is 2. The number of unbranched alkanes of at least 4 members (excludes halogenated alkanes) is 4. The van der Waals surface area contributed by atoms with E-state index in [1.54, 1.807) is 13.3 Å². The van der Waals surface area contributed by atoms with Crippen molar-refractivity contribution in [2.75, 3.05) is 7.11 Å². The van der Waals surface area contributed by atoms with E-state index in [9.17, 15) is 0 Å². The molecule has 0 aromatic carbocycles. The maximum Gasteiger partial charge on any atom is 0.137 e. The number of pyridine rings is 1. The zero-order valence-corrected chi connectivity index (χ0v) is 9.83. The minimum Gasteiger partial charge on any atom is -0.495 e. The largest absolute Gasteiger partial charge is 0.495 e. The molecule has 0 aliphatic heterocycles. The summed E-state index contributed by atoms with van der Waals surface area (Å²) < 4.78 is 5.14. The molecule has 1 aromatic rings. The van der Waals surface area contributed by atoms with Crippen LogP contribution in [-0.2, 0) is 6.42 Å². The van der Waals surface area contributed by atoms with Gasteiger partial charge in [-0.25, -0.2) is 0 Å². The average Bonchev–Trinajstić information content (AvgIpc) is 2.29. The second-order valence-electron chi connectivity index (χ2n) is 3.90. The monoisotopic (exact) mass is 207 g/mol. The standard InChI is InChI=1S/C13H21NO/c1-3-4-5-6-7-8-12-9-13(15-2)11-14-10-12/h9-11H,3-8H2,1-2H3. The summed E-state index contributed by atoms with van der Waals surface area (Å²) in [5.41, 5.74) is 1.28. The first kappa shape index (κ1) is 12.0. The predicted molar refractivity (Wildman–Crippen MR) is 63.3 cm³/mol. The zero-order valence-electron chi connectivity index (χ0n) is 9.83. The van der Waals surface area contributed by atoms with Gasteiger partial charge >= 0.3 is 0 Å². The van der Waals surface area contributed by atoms with Crippen molar-refractivity contribution in [3.05, 3.63) is 24.0 Å². The van der Waals surface area contributed by atoms with Crippen molar-refractivity contribution in [1.82, 2.24) is 4.98 Å². The van der Waals surface area contributed by atoms with Gasteiger partial charge in [-0.2, -0.15) is 0 Å². The Morgan fingerprint density at radius 2 is 1.93 bits per heavy atom. The SMILES string of the molecule is CCCCCCCc1cncc(OC)c1. The van der Waals surface area contributed by atoms with Crippen LogP contribution < -0.4 is 4.74 Å². The van der Waals surface area contributed by atoms with E-state index in [2.05, 4.69) is 18.0 Å². The predicted octanol–water partition coefficient (Wildman–Crippen LogP) is 3.60. The first-order valence-corrected chi connectivity index (χ1v) is 5.84. The number of aryl methyl sites for hydroxylation is 1. The number of nitrogens with zero attached hydrogens (tertiary/aromatic N) is 1. The van der Waals surface area contributed by atoms with Gasteiger partial charge in [0.05, 0.1) is 13.3 Å². The van der Waals surface area contributed by atoms with Crippen LogP contribution in [0.3, 0.4) is 0 Å². The molecule has 2 nitrogen and oxygen atoms in total. The summed E-state index contributed by atoms with van der Waals surface area (Å²) in [6.07, 6.45) is 11.4. The summed E-state index contributed by atoms with van der Waals surface area (Å²) >= 11 is 0. The molecular formula is C13H21NO. The molecule has 0 bridgehead atoms. The highest BCUT2D eigenvalue weighted by Gasteiger charge is 1.96. The fraction of sp³-hybridized carbons (Fsp3) is 0.615. The highest BCUT2D eigenvalue weighted by Crippen LogP contribution is 2.13. The summed E-state index contributed by atoms with van der Waals surface area (Å²) in [6.45, 7) is 2.24. The topological polar surface area (TPSA) is 22.1 Å². The Morgan fingerprint density at radius 3 is 2.67 bits per heavy atom. The molecule has 0 N–H and O–H groups in total. The van der Waals surface area contributed by atoms with E-state index in [4.69, 9.17) is 4.74 Å². The smallest absolute Gasteiger partial charge is 0.137 e. The van der Waals surface area contributed by atoms with Gasteiger partial charge in [0.15, 0.2) is 0 Å². The van der Waals surface area contributed by atoms with Crippen molar-refractivity contribution >= 4 is 0 Å². The van der Waals surface area contributed by atoms with E-state index in [0.29, 0.717) is 0 Å². The van der Waals surface area contributed by atoms with E-state index in [0.717, 1.165) is 12.2 Å². The molecule has 0 amide bonds. The fourth-order valence-corrected chi connectivity index (χ4v) is 1.64. The van der Waals surface area contributed by atoms with E-state index in [-0.39, 0.29) is 0 Å². The molecule has 0 aliphatic carbocycles. The molecule has 0 radical (unpaired) electrons. The minimum absolute atomic E-state index is 0.862. The summed E-state index contributed by atoms with van der Waals surface area (Å²) in [7, 11) is 1.68. The number of aromatic nitrogens is 1. The van der Waals surface area contributed by atoms with Crippen molar-refractivity contribution in [1.29, 1.82) is 0 Å². The van der Waals surface area contributed by atoms with Gasteiger partial charge in [0.25, 0.3) is 0 Å². The van der Waals surface area contributed by atoms with Crippen LogP contribution in [0.5, 0.6) is 5.75 Å². The number of ether oxygens (including phenoxy) is 1. The quantitative estimate of drug-likeness (QED) is 0.637. The van der Waals surface area contributed by atoms with Gasteiger partial charge < -0.3 is 4.74 Å². The van der Waals surface area contributed by atoms with Crippen LogP contribution in [0.15, 0.2) is 18.5 Å². The van der Waals surface area contributed by atoms with Crippen LogP contribution in [0.4, 0.5) is 0 Å². The highest BCUT2D eigenvalue weighted by molar-refractivity contribution is 5.23. The van der Waals surface area contributed by atoms with E-state index >= 15 is 0 Å². The average molecular weight is 207 g/mol. The first-order valence-electron chi connectivity index (χ1n) is 5.84. The fourth-order valence-electron chi connectivity index (χ4n) is 1.64. The van der Waals surface area contributed by atoms with Crippen molar-refractivity contribution in [2.24, 2.45) is 0 Å². The molecule has 1 aromatic heterocycles. The third-order valence-electron chi connectivity index (χ3n) is 2.57. The van der Waals surface area contributed by atoms with E-state index < -0.39 is 0 Å². The molecule has 0 saturated heterocycles. The molecule has 0 aliphatic rings. The molecule has 1 rings (SSSR count). The van der Waals surface area contributed by atoms with Gasteiger partial charge in [-0.05, 0) is 24.5 Å². The molecule has 0 unspecified atom stereocenters. The summed E-state index contributed by atoms with van der Waals surface area (Å²) in [5.74, 6) is 0.862. The maximum atomic E-state index is 5.14. The van der Waals surface area contributed by atoms with Gasteiger partial charge in [0.1, 0.15) is 5.75 Å². The second kappa shape index (κ2) is 7.27. The van der Waals surface area contributed by atoms with Crippen molar-refractivity contribution < 1.29 is 4.74 Å². The number of hydrogen-bond donors (Lipinski definition) is 0. The Labute approximate surface area is 92.7 Å². The van der Waals surface area contributed by atoms with Crippen molar-refractivity contribution in [3.8, 4) is 5.75 Å². The van der Waals surface area contributed by atoms with Gasteiger partial charge in [-0.1, -0.05) is 32.6 Å². The van der Waals surface area contributed by atoms with Crippen LogP contribution in [0.2, 0.25) is 0 Å². The Balaban J connectivity index is 2.24.